The van der Waals surface area contributed by atoms with Crippen LogP contribution in [0.5, 0.6) is 0 Å². The molecule has 0 heterocycles. The molecule has 0 aliphatic heterocycles. The van der Waals surface area contributed by atoms with Gasteiger partial charge in [0.05, 0.1) is 0 Å². The summed E-state index contributed by atoms with van der Waals surface area (Å²) in [6.45, 7) is 7.27. The summed E-state index contributed by atoms with van der Waals surface area (Å²) < 4.78 is 0. The maximum absolute atomic E-state index is 3.64. The van der Waals surface area contributed by atoms with Gasteiger partial charge in [-0.1, -0.05) is 0 Å². The first-order valence-electron chi connectivity index (χ1n) is 2.00. The topological polar surface area (TPSA) is 0 Å². The molecule has 0 aromatic heterocycles. The van der Waals surface area contributed by atoms with Crippen LogP contribution in [0.4, 0.5) is 0 Å². The van der Waals surface area contributed by atoms with E-state index in [0.717, 1.165) is 12.8 Å². The largest absolute Gasteiger partial charge is 2.00 e. The van der Waals surface area contributed by atoms with E-state index in [1.54, 1.807) is 0 Å². The molecule has 0 N–H and O–H groups in total. The second-order valence-corrected chi connectivity index (χ2v) is 1.06. The quantitative estimate of drug-likeness (QED) is 0.445. The monoisotopic (exact) mass is 176 g/mol. The first-order chi connectivity index (χ1) is 2.41. The van der Waals surface area contributed by atoms with Gasteiger partial charge in [-0.15, -0.1) is 6.42 Å². The second-order valence-electron chi connectivity index (χ2n) is 1.06. The minimum atomic E-state index is 0. The first kappa shape index (κ1) is 9.83. The maximum Gasteiger partial charge on any atom is 2.00 e. The van der Waals surface area contributed by atoms with Crippen molar-refractivity contribution >= 4 is 0 Å². The minimum Gasteiger partial charge on any atom is -0.343 e. The van der Waals surface area contributed by atoms with Crippen LogP contribution in [-0.4, -0.2) is 0 Å². The molecule has 0 nitrogen and oxygen atoms in total. The van der Waals surface area contributed by atoms with E-state index in [1.807, 2.05) is 0 Å². The van der Waals surface area contributed by atoms with Gasteiger partial charge in [0.15, 0.2) is 0 Å². The smallest absolute Gasteiger partial charge is 0.343 e. The van der Waals surface area contributed by atoms with E-state index in [2.05, 4.69) is 13.8 Å². The predicted molar refractivity (Wildman–Crippen MR) is 24.6 cm³/mol. The molecule has 0 rings (SSSR count). The Bertz CT molecular complexity index is 11.4. The average Bonchev–Trinajstić information content (AvgIpc) is 1.41. The molecule has 0 bridgehead atoms. The second kappa shape index (κ2) is 9.18. The van der Waals surface area contributed by atoms with E-state index < -0.39 is 0 Å². The Morgan fingerprint density at radius 1 is 1.00 bits per heavy atom. The van der Waals surface area contributed by atoms with Crippen molar-refractivity contribution in [2.24, 2.45) is 0 Å². The van der Waals surface area contributed by atoms with E-state index in [0.29, 0.717) is 0 Å². The number of unbranched alkanes of at least 4 members (excludes halogenated alkanes) is 2. The van der Waals surface area contributed by atoms with E-state index >= 15 is 0 Å². The summed E-state index contributed by atoms with van der Waals surface area (Å²) in [4.78, 5) is 0. The molecule has 0 radical (unpaired) electrons. The fourth-order valence-electron chi connectivity index (χ4n) is 0.177. The molecular weight excluding hydrogens is 166 g/mol. The summed E-state index contributed by atoms with van der Waals surface area (Å²) in [7, 11) is 0. The Morgan fingerprint density at radius 3 is 1.33 bits per heavy atom. The van der Waals surface area contributed by atoms with Crippen molar-refractivity contribution in [1.29, 1.82) is 0 Å². The Morgan fingerprint density at radius 2 is 1.33 bits per heavy atom. The number of hydrogen-bond donors (Lipinski definition) is 0. The Balaban J connectivity index is 0. The predicted octanol–water partition coefficient (Wildman–Crippen LogP) is 1.82. The molecule has 1 heteroatoms. The minimum absolute atomic E-state index is 0. The van der Waals surface area contributed by atoms with E-state index in [4.69, 9.17) is 0 Å². The Labute approximate surface area is 54.0 Å². The SMILES string of the molecule is [CH2-]CCC[CH2-].[Pd+2]. The van der Waals surface area contributed by atoms with Crippen LogP contribution in [0.1, 0.15) is 19.3 Å². The molecule has 6 heavy (non-hydrogen) atoms. The summed E-state index contributed by atoms with van der Waals surface area (Å²) in [5, 5.41) is 0. The van der Waals surface area contributed by atoms with Crippen molar-refractivity contribution < 1.29 is 20.4 Å². The molecule has 0 aliphatic carbocycles. The zero-order chi connectivity index (χ0) is 4.12. The van der Waals surface area contributed by atoms with Gasteiger partial charge in [-0.25, -0.2) is 0 Å². The van der Waals surface area contributed by atoms with E-state index in [-0.39, 0.29) is 20.4 Å². The van der Waals surface area contributed by atoms with Crippen molar-refractivity contribution in [3.05, 3.63) is 13.8 Å². The molecule has 0 unspecified atom stereocenters. The molecule has 40 valence electrons. The number of rotatable bonds is 2. The third-order valence-corrected chi connectivity index (χ3v) is 0.500. The molecule has 0 aliphatic rings. The summed E-state index contributed by atoms with van der Waals surface area (Å²) in [5.41, 5.74) is 0. The molecular formula is C5H10Pd. The van der Waals surface area contributed by atoms with Crippen molar-refractivity contribution in [1.82, 2.24) is 0 Å². The summed E-state index contributed by atoms with van der Waals surface area (Å²) in [5.74, 6) is 0. The van der Waals surface area contributed by atoms with E-state index in [1.165, 1.54) is 6.42 Å². The van der Waals surface area contributed by atoms with Gasteiger partial charge in [0, 0.05) is 0 Å². The van der Waals surface area contributed by atoms with Crippen LogP contribution >= 0.6 is 0 Å². The molecule has 0 saturated heterocycles. The van der Waals surface area contributed by atoms with Crippen LogP contribution in [0.15, 0.2) is 0 Å². The van der Waals surface area contributed by atoms with Crippen molar-refractivity contribution in [3.63, 3.8) is 0 Å². The van der Waals surface area contributed by atoms with Crippen LogP contribution in [0.25, 0.3) is 0 Å². The van der Waals surface area contributed by atoms with Gasteiger partial charge in [-0.05, 0) is 0 Å². The summed E-state index contributed by atoms with van der Waals surface area (Å²) >= 11 is 0. The van der Waals surface area contributed by atoms with Gasteiger partial charge in [0.25, 0.3) is 0 Å². The zero-order valence-electron chi connectivity index (χ0n) is 3.85. The molecule has 0 spiro atoms. The van der Waals surface area contributed by atoms with Crippen molar-refractivity contribution in [2.75, 3.05) is 0 Å². The van der Waals surface area contributed by atoms with Gasteiger partial charge < -0.3 is 13.8 Å². The molecule has 0 aromatic rings. The van der Waals surface area contributed by atoms with Gasteiger partial charge in [-0.2, -0.15) is 12.8 Å². The molecule has 0 fully saturated rings. The van der Waals surface area contributed by atoms with Gasteiger partial charge >= 0.3 is 20.4 Å². The Kier molecular flexibility index (Phi) is 15.0. The number of hydrogen-bond acceptors (Lipinski definition) is 0. The Hall–Kier alpha value is 0.662. The van der Waals surface area contributed by atoms with Crippen LogP contribution in [0.3, 0.4) is 0 Å². The van der Waals surface area contributed by atoms with Crippen LogP contribution in [-0.2, 0) is 20.4 Å². The third-order valence-electron chi connectivity index (χ3n) is 0.500. The average molecular weight is 177 g/mol. The first-order valence-corrected chi connectivity index (χ1v) is 2.00. The van der Waals surface area contributed by atoms with Gasteiger partial charge in [0.1, 0.15) is 0 Å². The molecule has 0 saturated carbocycles. The standard InChI is InChI=1S/C5H10.Pd/c1-3-5-4-2;/h1-5H2;/q-2;+2. The maximum atomic E-state index is 3.64. The van der Waals surface area contributed by atoms with Crippen molar-refractivity contribution in [2.45, 2.75) is 19.3 Å². The fourth-order valence-corrected chi connectivity index (χ4v) is 0.177. The summed E-state index contributed by atoms with van der Waals surface area (Å²) in [6, 6.07) is 0. The van der Waals surface area contributed by atoms with Gasteiger partial charge in [-0.3, -0.25) is 0 Å². The molecule has 0 aromatic carbocycles. The molecule has 0 atom stereocenters. The summed E-state index contributed by atoms with van der Waals surface area (Å²) in [6.07, 6.45) is 3.23. The normalized spacial score (nSPS) is 7.00. The van der Waals surface area contributed by atoms with Crippen molar-refractivity contribution in [3.8, 4) is 0 Å². The van der Waals surface area contributed by atoms with Crippen LogP contribution in [0.2, 0.25) is 0 Å². The van der Waals surface area contributed by atoms with E-state index in [9.17, 15) is 0 Å². The third kappa shape index (κ3) is 8.82. The zero-order valence-corrected chi connectivity index (χ0v) is 5.41. The van der Waals surface area contributed by atoms with Crippen LogP contribution in [0, 0.1) is 13.8 Å². The van der Waals surface area contributed by atoms with Gasteiger partial charge in [0.2, 0.25) is 0 Å². The fraction of sp³-hybridized carbons (Fsp3) is 0.600. The molecule has 0 amide bonds. The van der Waals surface area contributed by atoms with Crippen LogP contribution < -0.4 is 0 Å².